The number of benzene rings is 1. The molecule has 3 heterocycles. The summed E-state index contributed by atoms with van der Waals surface area (Å²) in [5, 5.41) is 9.58. The van der Waals surface area contributed by atoms with E-state index >= 15 is 0 Å². The number of allylic oxidation sites excluding steroid dienone is 1. The van der Waals surface area contributed by atoms with Crippen LogP contribution in [0.5, 0.6) is 0 Å². The maximum Gasteiger partial charge on any atom is 0.248 e. The Labute approximate surface area is 146 Å². The molecule has 8 heteroatoms. The number of nitrogens with one attached hydrogen (secondary N) is 1. The first kappa shape index (κ1) is 15.5. The number of carbonyl (C=O) groups is 1. The highest BCUT2D eigenvalue weighted by Crippen LogP contribution is 2.36. The molecule has 25 heavy (non-hydrogen) atoms. The quantitative estimate of drug-likeness (QED) is 0.756. The van der Waals surface area contributed by atoms with E-state index in [9.17, 15) is 9.18 Å². The number of hydrogen-bond donors (Lipinski definition) is 2. The van der Waals surface area contributed by atoms with Crippen LogP contribution in [0, 0.1) is 5.82 Å². The molecule has 1 aromatic carbocycles. The van der Waals surface area contributed by atoms with Crippen LogP contribution in [0.15, 0.2) is 53.0 Å². The molecule has 0 radical (unpaired) electrons. The molecule has 126 valence electrons. The van der Waals surface area contributed by atoms with Gasteiger partial charge in [-0.15, -0.1) is 16.4 Å². The Morgan fingerprint density at radius 2 is 2.08 bits per heavy atom. The van der Waals surface area contributed by atoms with E-state index in [1.54, 1.807) is 23.7 Å². The van der Waals surface area contributed by atoms with Crippen molar-refractivity contribution >= 4 is 23.2 Å². The van der Waals surface area contributed by atoms with Crippen LogP contribution in [-0.4, -0.2) is 20.7 Å². The Hall–Kier alpha value is -3.00. The van der Waals surface area contributed by atoms with Gasteiger partial charge in [0, 0.05) is 5.70 Å². The number of nitrogens with zero attached hydrogens (tertiary/aromatic N) is 3. The predicted octanol–water partition coefficient (Wildman–Crippen LogP) is 2.92. The summed E-state index contributed by atoms with van der Waals surface area (Å²) in [6.45, 7) is 1.76. The molecular formula is C17H14FN5OS. The standard InChI is InChI=1S/C17H14FN5OS/c1-9-13(15(19)24)14(10-4-6-11(18)7-5-10)23-17(20-9)21-16(22-23)12-3-2-8-25-12/h2-8,14H,1H3,(H2,19,24)(H,20,21,22)/t14-/m0/s1. The van der Waals surface area contributed by atoms with E-state index in [2.05, 4.69) is 15.4 Å². The van der Waals surface area contributed by atoms with Gasteiger partial charge in [-0.25, -0.2) is 9.07 Å². The Morgan fingerprint density at radius 1 is 1.32 bits per heavy atom. The summed E-state index contributed by atoms with van der Waals surface area (Å²) in [4.78, 5) is 17.5. The Bertz CT molecular complexity index is 975. The minimum atomic E-state index is -0.560. The molecule has 0 bridgehead atoms. The molecule has 6 nitrogen and oxygen atoms in total. The largest absolute Gasteiger partial charge is 0.366 e. The topological polar surface area (TPSA) is 85.8 Å². The van der Waals surface area contributed by atoms with E-state index in [0.717, 1.165) is 4.88 Å². The lowest BCUT2D eigenvalue weighted by atomic mass is 9.95. The van der Waals surface area contributed by atoms with Crippen molar-refractivity contribution in [2.45, 2.75) is 13.0 Å². The zero-order valence-corrected chi connectivity index (χ0v) is 14.0. The van der Waals surface area contributed by atoms with Gasteiger partial charge in [-0.3, -0.25) is 4.79 Å². The van der Waals surface area contributed by atoms with Gasteiger partial charge in [0.1, 0.15) is 11.9 Å². The predicted molar refractivity (Wildman–Crippen MR) is 93.4 cm³/mol. The third-order valence-electron chi connectivity index (χ3n) is 4.05. The number of primary amides is 1. The second-order valence-electron chi connectivity index (χ2n) is 5.66. The van der Waals surface area contributed by atoms with Crippen LogP contribution < -0.4 is 11.1 Å². The minimum Gasteiger partial charge on any atom is -0.366 e. The first-order valence-electron chi connectivity index (χ1n) is 7.58. The lowest BCUT2D eigenvalue weighted by molar-refractivity contribution is -0.115. The molecule has 2 aromatic heterocycles. The van der Waals surface area contributed by atoms with E-state index < -0.39 is 11.9 Å². The first-order valence-corrected chi connectivity index (χ1v) is 8.46. The number of thiophene rings is 1. The molecule has 0 spiro atoms. The van der Waals surface area contributed by atoms with Crippen molar-refractivity contribution in [1.82, 2.24) is 14.8 Å². The number of amides is 1. The van der Waals surface area contributed by atoms with Gasteiger partial charge < -0.3 is 11.1 Å². The van der Waals surface area contributed by atoms with Crippen LogP contribution >= 0.6 is 11.3 Å². The maximum absolute atomic E-state index is 13.3. The summed E-state index contributed by atoms with van der Waals surface area (Å²) in [5.74, 6) is 0.165. The highest BCUT2D eigenvalue weighted by molar-refractivity contribution is 7.13. The van der Waals surface area contributed by atoms with E-state index in [-0.39, 0.29) is 5.82 Å². The molecule has 3 aromatic rings. The normalized spacial score (nSPS) is 16.5. The van der Waals surface area contributed by atoms with Crippen molar-refractivity contribution in [3.8, 4) is 10.7 Å². The molecule has 0 unspecified atom stereocenters. The van der Waals surface area contributed by atoms with Crippen LogP contribution in [0.1, 0.15) is 18.5 Å². The first-order chi connectivity index (χ1) is 12.0. The van der Waals surface area contributed by atoms with Gasteiger partial charge in [0.15, 0.2) is 5.82 Å². The summed E-state index contributed by atoms with van der Waals surface area (Å²) >= 11 is 1.53. The average Bonchev–Trinajstić information content (AvgIpc) is 3.23. The zero-order chi connectivity index (χ0) is 17.6. The van der Waals surface area contributed by atoms with Gasteiger partial charge >= 0.3 is 0 Å². The van der Waals surface area contributed by atoms with Crippen molar-refractivity contribution in [2.24, 2.45) is 5.73 Å². The molecule has 4 rings (SSSR count). The Balaban J connectivity index is 1.89. The summed E-state index contributed by atoms with van der Waals surface area (Å²) < 4.78 is 14.9. The number of carbonyl (C=O) groups excluding carboxylic acids is 1. The highest BCUT2D eigenvalue weighted by Gasteiger charge is 2.33. The van der Waals surface area contributed by atoms with Gasteiger partial charge in [-0.05, 0) is 36.1 Å². The smallest absolute Gasteiger partial charge is 0.248 e. The molecule has 0 aliphatic carbocycles. The van der Waals surface area contributed by atoms with E-state index in [1.165, 1.54) is 23.5 Å². The van der Waals surface area contributed by atoms with Crippen molar-refractivity contribution in [1.29, 1.82) is 0 Å². The Morgan fingerprint density at radius 3 is 2.72 bits per heavy atom. The number of halogens is 1. The number of anilines is 1. The third kappa shape index (κ3) is 2.60. The van der Waals surface area contributed by atoms with Crippen molar-refractivity contribution in [2.75, 3.05) is 5.32 Å². The molecule has 1 atom stereocenters. The zero-order valence-electron chi connectivity index (χ0n) is 13.2. The molecule has 1 amide bonds. The fourth-order valence-corrected chi connectivity index (χ4v) is 3.59. The Kier molecular flexibility index (Phi) is 3.61. The van der Waals surface area contributed by atoms with Gasteiger partial charge in [0.2, 0.25) is 11.9 Å². The van der Waals surface area contributed by atoms with Crippen molar-refractivity contribution < 1.29 is 9.18 Å². The third-order valence-corrected chi connectivity index (χ3v) is 4.91. The van der Waals surface area contributed by atoms with E-state index in [4.69, 9.17) is 5.73 Å². The van der Waals surface area contributed by atoms with Crippen LogP contribution in [0.2, 0.25) is 0 Å². The van der Waals surface area contributed by atoms with E-state index in [0.29, 0.717) is 28.6 Å². The number of aromatic nitrogens is 3. The molecule has 0 saturated heterocycles. The molecule has 1 aliphatic rings. The summed E-state index contributed by atoms with van der Waals surface area (Å²) in [6, 6.07) is 9.23. The highest BCUT2D eigenvalue weighted by atomic mass is 32.1. The van der Waals surface area contributed by atoms with Gasteiger partial charge in [0.25, 0.3) is 0 Å². The second-order valence-corrected chi connectivity index (χ2v) is 6.61. The monoisotopic (exact) mass is 355 g/mol. The van der Waals surface area contributed by atoms with Gasteiger partial charge in [-0.1, -0.05) is 18.2 Å². The molecule has 3 N–H and O–H groups in total. The van der Waals surface area contributed by atoms with Crippen LogP contribution in [0.4, 0.5) is 10.3 Å². The van der Waals surface area contributed by atoms with Crippen LogP contribution in [0.3, 0.4) is 0 Å². The molecule has 1 aliphatic heterocycles. The average molecular weight is 355 g/mol. The maximum atomic E-state index is 13.3. The van der Waals surface area contributed by atoms with E-state index in [1.807, 2.05) is 17.5 Å². The number of rotatable bonds is 3. The minimum absolute atomic E-state index is 0.350. The number of nitrogens with two attached hydrogens (primary N) is 1. The summed E-state index contributed by atoms with van der Waals surface area (Å²) in [5.41, 5.74) is 7.30. The summed E-state index contributed by atoms with van der Waals surface area (Å²) in [7, 11) is 0. The fraction of sp³-hybridized carbons (Fsp3) is 0.118. The molecular weight excluding hydrogens is 341 g/mol. The van der Waals surface area contributed by atoms with Gasteiger partial charge in [-0.2, -0.15) is 4.98 Å². The molecule has 0 saturated carbocycles. The van der Waals surface area contributed by atoms with Gasteiger partial charge in [0.05, 0.1) is 10.5 Å². The number of fused-ring (bicyclic) bond motifs is 1. The molecule has 0 fully saturated rings. The lowest BCUT2D eigenvalue weighted by Crippen LogP contribution is -2.31. The number of hydrogen-bond acceptors (Lipinski definition) is 5. The van der Waals surface area contributed by atoms with Crippen LogP contribution in [-0.2, 0) is 4.79 Å². The van der Waals surface area contributed by atoms with Crippen molar-refractivity contribution in [3.05, 3.63) is 64.4 Å². The van der Waals surface area contributed by atoms with Crippen LogP contribution in [0.25, 0.3) is 10.7 Å². The second kappa shape index (κ2) is 5.82. The SMILES string of the molecule is CC1=C(C(N)=O)[C@H](c2ccc(F)cc2)n2nc(-c3cccs3)nc2N1. The summed E-state index contributed by atoms with van der Waals surface area (Å²) in [6.07, 6.45) is 0. The lowest BCUT2D eigenvalue weighted by Gasteiger charge is -2.27. The fourth-order valence-electron chi connectivity index (χ4n) is 2.93. The van der Waals surface area contributed by atoms with Crippen molar-refractivity contribution in [3.63, 3.8) is 0 Å².